The van der Waals surface area contributed by atoms with Crippen LogP contribution >= 0.6 is 0 Å². The summed E-state index contributed by atoms with van der Waals surface area (Å²) in [6, 6.07) is 41.4. The molecule has 3 N–H and O–H groups in total. The van der Waals surface area contributed by atoms with Crippen molar-refractivity contribution in [3.63, 3.8) is 0 Å². The van der Waals surface area contributed by atoms with Crippen molar-refractivity contribution in [3.05, 3.63) is 204 Å². The predicted octanol–water partition coefficient (Wildman–Crippen LogP) is 14.6. The molecule has 6 nitrogen and oxygen atoms in total. The maximum atomic E-state index is 11.9. The quantitative estimate of drug-likeness (QED) is 0.107. The minimum absolute atomic E-state index is 0.185. The smallest absolute Gasteiger partial charge is 0.335 e. The van der Waals surface area contributed by atoms with Crippen molar-refractivity contribution >= 4 is 52.3 Å². The van der Waals surface area contributed by atoms with Crippen molar-refractivity contribution < 1.29 is 9.90 Å². The van der Waals surface area contributed by atoms with Gasteiger partial charge in [0.1, 0.15) is 0 Å². The van der Waals surface area contributed by atoms with Crippen LogP contribution in [0, 0.1) is 13.8 Å². The number of hydrogen-bond donors (Lipinski definition) is 3. The number of H-pyrrole nitrogens is 2. The van der Waals surface area contributed by atoms with Gasteiger partial charge in [0, 0.05) is 49.7 Å². The van der Waals surface area contributed by atoms with Gasteiger partial charge in [0.05, 0.1) is 28.3 Å². The second-order valence-corrected chi connectivity index (χ2v) is 16.5. The molecule has 9 rings (SSSR count). The Hall–Kier alpha value is -7.83. The van der Waals surface area contributed by atoms with Crippen molar-refractivity contribution in [2.75, 3.05) is 0 Å². The average Bonchev–Trinajstić information content (AvgIpc) is 4.14. The monoisotopic (exact) mass is 820 g/mol. The van der Waals surface area contributed by atoms with Crippen molar-refractivity contribution in [1.82, 2.24) is 19.9 Å². The molecule has 2 aliphatic rings. The van der Waals surface area contributed by atoms with Gasteiger partial charge in [-0.05, 0) is 122 Å². The normalized spacial score (nSPS) is 12.0. The Kier molecular flexibility index (Phi) is 10.9. The molecule has 0 fully saturated rings. The largest absolute Gasteiger partial charge is 0.478 e. The third kappa shape index (κ3) is 7.72. The summed E-state index contributed by atoms with van der Waals surface area (Å²) in [5.41, 5.74) is 18.0. The highest BCUT2D eigenvalue weighted by Gasteiger charge is 2.29. The number of carbonyl (C=O) groups is 1. The lowest BCUT2D eigenvalue weighted by Gasteiger charge is -2.32. The first kappa shape index (κ1) is 40.6. The van der Waals surface area contributed by atoms with E-state index in [1.54, 1.807) is 12.1 Å². The number of aromatic nitrogens is 4. The number of aromatic carboxylic acids is 1. The van der Waals surface area contributed by atoms with Crippen LogP contribution in [-0.4, -0.2) is 31.0 Å². The molecule has 6 heteroatoms. The SMILES string of the molecule is C=CCC(CC=C)(CC=C)c1ccc(-c2c3nc(c(-c4ccc(C)cc4)c4ccc([nH]4)c(-c4ccc(C(=O)O)cc4)c4nc(c(-c5ccc(C)cc5)c5ccc2[nH]5)C=C4)C=C3)cc1. The molecule has 0 amide bonds. The van der Waals surface area contributed by atoms with Crippen molar-refractivity contribution in [2.24, 2.45) is 0 Å². The third-order valence-electron chi connectivity index (χ3n) is 12.2. The molecule has 4 aromatic carbocycles. The minimum Gasteiger partial charge on any atom is -0.478 e. The Balaban J connectivity index is 1.40. The summed E-state index contributed by atoms with van der Waals surface area (Å²) >= 11 is 0. The molecule has 8 bridgehead atoms. The van der Waals surface area contributed by atoms with E-state index in [9.17, 15) is 9.90 Å². The molecule has 0 saturated heterocycles. The third-order valence-corrected chi connectivity index (χ3v) is 12.2. The van der Waals surface area contributed by atoms with Gasteiger partial charge >= 0.3 is 5.97 Å². The van der Waals surface area contributed by atoms with Crippen molar-refractivity contribution in [2.45, 2.75) is 38.5 Å². The maximum Gasteiger partial charge on any atom is 0.335 e. The molecule has 5 heterocycles. The number of aromatic amines is 2. The van der Waals surface area contributed by atoms with Gasteiger partial charge in [0.25, 0.3) is 0 Å². The van der Waals surface area contributed by atoms with E-state index in [2.05, 4.69) is 159 Å². The number of rotatable bonds is 12. The summed E-state index contributed by atoms with van der Waals surface area (Å²) in [5, 5.41) is 9.76. The number of hydrogen-bond acceptors (Lipinski definition) is 3. The Bertz CT molecular complexity index is 3090. The van der Waals surface area contributed by atoms with E-state index in [1.807, 2.05) is 36.4 Å². The number of benzene rings is 4. The molecule has 0 unspecified atom stereocenters. The zero-order valence-electron chi connectivity index (χ0n) is 35.6. The molecule has 7 aromatic rings. The number of carboxylic acid groups (broad SMARTS) is 1. The van der Waals surface area contributed by atoms with E-state index in [-0.39, 0.29) is 11.0 Å². The average molecular weight is 821 g/mol. The molecule has 0 radical (unpaired) electrons. The highest BCUT2D eigenvalue weighted by Crippen LogP contribution is 2.41. The van der Waals surface area contributed by atoms with Gasteiger partial charge in [-0.25, -0.2) is 14.8 Å². The number of allylic oxidation sites excluding steroid dienone is 3. The number of aryl methyl sites for hydroxylation is 2. The van der Waals surface area contributed by atoms with Gasteiger partial charge in [-0.1, -0.05) is 114 Å². The standard InChI is InChI=1S/C57H48N4O2/c1-6-33-57(34-7-2,35-8-3)43-23-21-41(22-24-43)55-50-31-27-46(60-50)52(38-13-9-36(4)10-14-38)44-25-29-48(58-44)54(40-17-19-42(20-18-40)56(62)63)49-30-26-45(59-49)53(47-28-32-51(55)61-47)39-15-11-37(5)12-16-39/h6-32,58,61H,1-3,33-35H2,4-5H3,(H,62,63). The number of nitrogens with one attached hydrogen (secondary N) is 2. The molecule has 2 aliphatic heterocycles. The first-order valence-corrected chi connectivity index (χ1v) is 21.3. The van der Waals surface area contributed by atoms with Gasteiger partial charge in [0.15, 0.2) is 0 Å². The first-order valence-electron chi connectivity index (χ1n) is 21.3. The maximum absolute atomic E-state index is 11.9. The van der Waals surface area contributed by atoms with Gasteiger partial charge < -0.3 is 15.1 Å². The highest BCUT2D eigenvalue weighted by molar-refractivity contribution is 6.00. The summed E-state index contributed by atoms with van der Waals surface area (Å²) in [6.45, 7) is 16.5. The second kappa shape index (κ2) is 16.9. The first-order chi connectivity index (χ1) is 30.7. The predicted molar refractivity (Wildman–Crippen MR) is 263 cm³/mol. The van der Waals surface area contributed by atoms with Crippen LogP contribution in [0.25, 0.3) is 90.9 Å². The van der Waals surface area contributed by atoms with E-state index < -0.39 is 5.97 Å². The lowest BCUT2D eigenvalue weighted by atomic mass is 9.72. The van der Waals surface area contributed by atoms with Crippen LogP contribution in [0.3, 0.4) is 0 Å². The van der Waals surface area contributed by atoms with Crippen LogP contribution < -0.4 is 0 Å². The summed E-state index contributed by atoms with van der Waals surface area (Å²) in [6.07, 6.45) is 16.7. The van der Waals surface area contributed by atoms with Crippen LogP contribution in [0.1, 0.15) is 69.1 Å². The van der Waals surface area contributed by atoms with E-state index in [0.717, 1.165) is 120 Å². The van der Waals surface area contributed by atoms with Gasteiger partial charge in [-0.3, -0.25) is 0 Å². The second-order valence-electron chi connectivity index (χ2n) is 16.5. The van der Waals surface area contributed by atoms with Crippen molar-refractivity contribution in [1.29, 1.82) is 0 Å². The van der Waals surface area contributed by atoms with Crippen LogP contribution in [0.15, 0.2) is 159 Å². The zero-order valence-corrected chi connectivity index (χ0v) is 35.6. The van der Waals surface area contributed by atoms with Gasteiger partial charge in [0.2, 0.25) is 0 Å². The molecule has 0 atom stereocenters. The molecule has 0 saturated carbocycles. The lowest BCUT2D eigenvalue weighted by Crippen LogP contribution is -2.24. The summed E-state index contributed by atoms with van der Waals surface area (Å²) in [7, 11) is 0. The van der Waals surface area contributed by atoms with Gasteiger partial charge in [-0.15, -0.1) is 19.7 Å². The van der Waals surface area contributed by atoms with E-state index >= 15 is 0 Å². The number of carboxylic acids is 1. The lowest BCUT2D eigenvalue weighted by molar-refractivity contribution is 0.0697. The summed E-state index contributed by atoms with van der Waals surface area (Å²) in [5.74, 6) is -0.975. The van der Waals surface area contributed by atoms with E-state index in [1.165, 1.54) is 5.56 Å². The topological polar surface area (TPSA) is 94.7 Å². The molecule has 0 spiro atoms. The zero-order chi connectivity index (χ0) is 43.7. The molecule has 0 aliphatic carbocycles. The van der Waals surface area contributed by atoms with Crippen LogP contribution in [0.2, 0.25) is 0 Å². The number of nitrogens with zero attached hydrogens (tertiary/aromatic N) is 2. The number of fused-ring (bicyclic) bond motifs is 8. The highest BCUT2D eigenvalue weighted by atomic mass is 16.4. The molecular weight excluding hydrogens is 773 g/mol. The van der Waals surface area contributed by atoms with Crippen LogP contribution in [-0.2, 0) is 5.41 Å². The molecular formula is C57H48N4O2. The molecule has 308 valence electrons. The fraction of sp³-hybridized carbons (Fsp3) is 0.105. The Labute approximate surface area is 368 Å². The fourth-order valence-corrected chi connectivity index (χ4v) is 9.06. The minimum atomic E-state index is -0.975. The van der Waals surface area contributed by atoms with Crippen molar-refractivity contribution in [3.8, 4) is 44.5 Å². The van der Waals surface area contributed by atoms with E-state index in [0.29, 0.717) is 0 Å². The molecule has 63 heavy (non-hydrogen) atoms. The van der Waals surface area contributed by atoms with Crippen LogP contribution in [0.5, 0.6) is 0 Å². The summed E-state index contributed by atoms with van der Waals surface area (Å²) in [4.78, 5) is 30.4. The van der Waals surface area contributed by atoms with Gasteiger partial charge in [-0.2, -0.15) is 0 Å². The Morgan fingerprint density at radius 3 is 1.10 bits per heavy atom. The van der Waals surface area contributed by atoms with Crippen LogP contribution in [0.4, 0.5) is 0 Å². The molecule has 3 aromatic heterocycles. The Morgan fingerprint density at radius 2 is 0.794 bits per heavy atom. The fourth-order valence-electron chi connectivity index (χ4n) is 9.06. The Morgan fingerprint density at radius 1 is 0.492 bits per heavy atom. The summed E-state index contributed by atoms with van der Waals surface area (Å²) < 4.78 is 0. The van der Waals surface area contributed by atoms with E-state index in [4.69, 9.17) is 9.97 Å².